The first-order chi connectivity index (χ1) is 9.72. The molecule has 0 spiro atoms. The predicted molar refractivity (Wildman–Crippen MR) is 76.5 cm³/mol. The topological polar surface area (TPSA) is 67.8 Å². The number of aromatic nitrogens is 3. The van der Waals surface area contributed by atoms with Crippen molar-refractivity contribution >= 4 is 22.5 Å². The molecule has 0 saturated heterocycles. The summed E-state index contributed by atoms with van der Waals surface area (Å²) in [6, 6.07) is 9.37. The Hall–Kier alpha value is -2.82. The van der Waals surface area contributed by atoms with Crippen LogP contribution in [0.1, 0.15) is 16.2 Å². The van der Waals surface area contributed by atoms with E-state index in [1.165, 1.54) is 6.20 Å². The number of pyridine rings is 1. The lowest BCUT2D eigenvalue weighted by Crippen LogP contribution is -2.14. The van der Waals surface area contributed by atoms with Crippen LogP contribution < -0.4 is 5.32 Å². The van der Waals surface area contributed by atoms with Gasteiger partial charge in [0.2, 0.25) is 0 Å². The van der Waals surface area contributed by atoms with E-state index in [1.807, 2.05) is 30.3 Å². The molecule has 2 aromatic heterocycles. The van der Waals surface area contributed by atoms with Crippen molar-refractivity contribution in [3.05, 3.63) is 60.3 Å². The molecule has 3 aromatic rings. The van der Waals surface area contributed by atoms with Crippen molar-refractivity contribution in [1.29, 1.82) is 0 Å². The van der Waals surface area contributed by atoms with Gasteiger partial charge in [0, 0.05) is 23.5 Å². The standard InChI is InChI=1S/C15H12N4O/c1-10-8-16-9-14(18-10)15(20)19-12-4-5-13-11(7-12)3-2-6-17-13/h2-9H,1H3,(H,19,20). The Balaban J connectivity index is 1.87. The highest BCUT2D eigenvalue weighted by atomic mass is 16.1. The highest BCUT2D eigenvalue weighted by Gasteiger charge is 2.08. The number of rotatable bonds is 2. The maximum atomic E-state index is 12.1. The zero-order valence-electron chi connectivity index (χ0n) is 10.9. The fraction of sp³-hybridized carbons (Fsp3) is 0.0667. The summed E-state index contributed by atoms with van der Waals surface area (Å²) in [7, 11) is 0. The molecular formula is C15H12N4O. The minimum atomic E-state index is -0.274. The smallest absolute Gasteiger partial charge is 0.275 e. The first-order valence-electron chi connectivity index (χ1n) is 6.17. The van der Waals surface area contributed by atoms with Crippen LogP contribution in [0.4, 0.5) is 5.69 Å². The molecule has 0 aliphatic heterocycles. The van der Waals surface area contributed by atoms with Gasteiger partial charge in [-0.15, -0.1) is 0 Å². The normalized spacial score (nSPS) is 10.4. The van der Waals surface area contributed by atoms with Gasteiger partial charge in [-0.2, -0.15) is 0 Å². The lowest BCUT2D eigenvalue weighted by Gasteiger charge is -2.06. The number of amides is 1. The monoisotopic (exact) mass is 264 g/mol. The van der Waals surface area contributed by atoms with Crippen LogP contribution in [0.25, 0.3) is 10.9 Å². The number of aryl methyl sites for hydroxylation is 1. The van der Waals surface area contributed by atoms with Gasteiger partial charge in [-0.3, -0.25) is 14.8 Å². The molecule has 0 unspecified atom stereocenters. The molecule has 3 rings (SSSR count). The molecule has 2 heterocycles. The van der Waals surface area contributed by atoms with Gasteiger partial charge < -0.3 is 5.32 Å². The number of hydrogen-bond donors (Lipinski definition) is 1. The molecule has 0 fully saturated rings. The Kier molecular flexibility index (Phi) is 3.09. The lowest BCUT2D eigenvalue weighted by atomic mass is 10.2. The number of carbonyl (C=O) groups is 1. The van der Waals surface area contributed by atoms with E-state index in [9.17, 15) is 4.79 Å². The molecule has 0 bridgehead atoms. The number of hydrogen-bond acceptors (Lipinski definition) is 4. The molecule has 1 amide bonds. The van der Waals surface area contributed by atoms with Crippen molar-refractivity contribution in [3.8, 4) is 0 Å². The summed E-state index contributed by atoms with van der Waals surface area (Å²) in [5.41, 5.74) is 2.61. The van der Waals surface area contributed by atoms with Gasteiger partial charge in [-0.25, -0.2) is 4.98 Å². The Bertz CT molecular complexity index is 785. The van der Waals surface area contributed by atoms with Crippen LogP contribution in [-0.4, -0.2) is 20.9 Å². The zero-order chi connectivity index (χ0) is 13.9. The third kappa shape index (κ3) is 2.47. The summed E-state index contributed by atoms with van der Waals surface area (Å²) in [6.45, 7) is 1.80. The molecule has 98 valence electrons. The van der Waals surface area contributed by atoms with Crippen LogP contribution in [0.5, 0.6) is 0 Å². The van der Waals surface area contributed by atoms with Gasteiger partial charge in [0.25, 0.3) is 5.91 Å². The third-order valence-electron chi connectivity index (χ3n) is 2.85. The first-order valence-corrected chi connectivity index (χ1v) is 6.17. The second kappa shape index (κ2) is 5.05. The van der Waals surface area contributed by atoms with Crippen molar-refractivity contribution in [2.24, 2.45) is 0 Å². The van der Waals surface area contributed by atoms with E-state index in [1.54, 1.807) is 19.3 Å². The molecule has 1 N–H and O–H groups in total. The average molecular weight is 264 g/mol. The Morgan fingerprint density at radius 2 is 2.10 bits per heavy atom. The fourth-order valence-corrected chi connectivity index (χ4v) is 1.92. The molecule has 1 aromatic carbocycles. The van der Waals surface area contributed by atoms with Crippen LogP contribution in [-0.2, 0) is 0 Å². The van der Waals surface area contributed by atoms with Gasteiger partial charge in [0.1, 0.15) is 5.69 Å². The average Bonchev–Trinajstić information content (AvgIpc) is 2.47. The van der Waals surface area contributed by atoms with E-state index in [-0.39, 0.29) is 5.91 Å². The van der Waals surface area contributed by atoms with Gasteiger partial charge in [-0.1, -0.05) is 6.07 Å². The third-order valence-corrected chi connectivity index (χ3v) is 2.85. The number of nitrogens with one attached hydrogen (secondary N) is 1. The molecule has 0 aliphatic rings. The second-order valence-corrected chi connectivity index (χ2v) is 4.41. The van der Waals surface area contributed by atoms with E-state index in [4.69, 9.17) is 0 Å². The van der Waals surface area contributed by atoms with E-state index in [2.05, 4.69) is 20.3 Å². The van der Waals surface area contributed by atoms with Crippen LogP contribution in [0.3, 0.4) is 0 Å². The summed E-state index contributed by atoms with van der Waals surface area (Å²) in [4.78, 5) is 24.4. The number of benzene rings is 1. The number of anilines is 1. The molecule has 20 heavy (non-hydrogen) atoms. The lowest BCUT2D eigenvalue weighted by molar-refractivity contribution is 0.102. The minimum absolute atomic E-state index is 0.274. The van der Waals surface area contributed by atoms with Crippen molar-refractivity contribution < 1.29 is 4.79 Å². The van der Waals surface area contributed by atoms with Gasteiger partial charge in [-0.05, 0) is 31.2 Å². The maximum Gasteiger partial charge on any atom is 0.275 e. The summed E-state index contributed by atoms with van der Waals surface area (Å²) in [5.74, 6) is -0.274. The maximum absolute atomic E-state index is 12.1. The quantitative estimate of drug-likeness (QED) is 0.772. The molecule has 5 nitrogen and oxygen atoms in total. The Morgan fingerprint density at radius 1 is 1.20 bits per heavy atom. The summed E-state index contributed by atoms with van der Waals surface area (Å²) in [6.07, 6.45) is 4.80. The van der Waals surface area contributed by atoms with Gasteiger partial charge in [0.15, 0.2) is 0 Å². The Morgan fingerprint density at radius 3 is 2.95 bits per heavy atom. The highest BCUT2D eigenvalue weighted by Crippen LogP contribution is 2.17. The van der Waals surface area contributed by atoms with Crippen molar-refractivity contribution in [2.75, 3.05) is 5.32 Å². The molecule has 0 aliphatic carbocycles. The first kappa shape index (κ1) is 12.2. The zero-order valence-corrected chi connectivity index (χ0v) is 10.9. The van der Waals surface area contributed by atoms with Gasteiger partial charge >= 0.3 is 0 Å². The SMILES string of the molecule is Cc1cncc(C(=O)Nc2ccc3ncccc3c2)n1. The van der Waals surface area contributed by atoms with Crippen LogP contribution >= 0.6 is 0 Å². The Labute approximate surface area is 115 Å². The number of fused-ring (bicyclic) bond motifs is 1. The molecule has 5 heteroatoms. The summed E-state index contributed by atoms with van der Waals surface area (Å²) < 4.78 is 0. The van der Waals surface area contributed by atoms with Crippen LogP contribution in [0.15, 0.2) is 48.9 Å². The number of carbonyl (C=O) groups excluding carboxylic acids is 1. The van der Waals surface area contributed by atoms with Crippen molar-refractivity contribution in [3.63, 3.8) is 0 Å². The summed E-state index contributed by atoms with van der Waals surface area (Å²) >= 11 is 0. The van der Waals surface area contributed by atoms with Crippen molar-refractivity contribution in [2.45, 2.75) is 6.92 Å². The molecule has 0 saturated carbocycles. The molecular weight excluding hydrogens is 252 g/mol. The van der Waals surface area contributed by atoms with E-state index < -0.39 is 0 Å². The van der Waals surface area contributed by atoms with E-state index >= 15 is 0 Å². The largest absolute Gasteiger partial charge is 0.321 e. The van der Waals surface area contributed by atoms with E-state index in [0.29, 0.717) is 17.1 Å². The highest BCUT2D eigenvalue weighted by molar-refractivity contribution is 6.03. The van der Waals surface area contributed by atoms with Gasteiger partial charge in [0.05, 0.1) is 17.4 Å². The molecule has 0 radical (unpaired) electrons. The minimum Gasteiger partial charge on any atom is -0.321 e. The predicted octanol–water partition coefficient (Wildman–Crippen LogP) is 2.59. The van der Waals surface area contributed by atoms with Crippen LogP contribution in [0, 0.1) is 6.92 Å². The molecule has 0 atom stereocenters. The fourth-order valence-electron chi connectivity index (χ4n) is 1.92. The van der Waals surface area contributed by atoms with Crippen LogP contribution in [0.2, 0.25) is 0 Å². The summed E-state index contributed by atoms with van der Waals surface area (Å²) in [5, 5.41) is 3.78. The second-order valence-electron chi connectivity index (χ2n) is 4.41. The van der Waals surface area contributed by atoms with Crippen molar-refractivity contribution in [1.82, 2.24) is 15.0 Å². The van der Waals surface area contributed by atoms with E-state index in [0.717, 1.165) is 10.9 Å². The number of nitrogens with zero attached hydrogens (tertiary/aromatic N) is 3.